The second-order valence-electron chi connectivity index (χ2n) is 4.85. The van der Waals surface area contributed by atoms with Gasteiger partial charge in [-0.05, 0) is 42.8 Å². The zero-order chi connectivity index (χ0) is 17.7. The highest BCUT2D eigenvalue weighted by atomic mass is 32.2. The first kappa shape index (κ1) is 17.9. The molecule has 0 radical (unpaired) electrons. The lowest BCUT2D eigenvalue weighted by Gasteiger charge is -2.09. The van der Waals surface area contributed by atoms with Crippen molar-refractivity contribution in [1.29, 1.82) is 0 Å². The molecule has 2 rings (SSSR count). The van der Waals surface area contributed by atoms with Crippen LogP contribution in [0.25, 0.3) is 0 Å². The number of carboxylic acid groups (broad SMARTS) is 1. The minimum Gasteiger partial charge on any atom is -0.494 e. The molecule has 128 valence electrons. The summed E-state index contributed by atoms with van der Waals surface area (Å²) in [4.78, 5) is 10.2. The SMILES string of the molecule is CCOc1ccc(CNS(=O)(=O)c2cc(C(=O)O)ccc2F)cc1. The van der Waals surface area contributed by atoms with E-state index in [4.69, 9.17) is 9.84 Å². The predicted octanol–water partition coefficient (Wildman–Crippen LogP) is 2.40. The molecule has 0 aliphatic carbocycles. The van der Waals surface area contributed by atoms with E-state index in [1.165, 1.54) is 0 Å². The van der Waals surface area contributed by atoms with Crippen molar-refractivity contribution in [2.75, 3.05) is 6.61 Å². The van der Waals surface area contributed by atoms with Gasteiger partial charge in [0.15, 0.2) is 0 Å². The monoisotopic (exact) mass is 353 g/mol. The van der Waals surface area contributed by atoms with Gasteiger partial charge in [0.25, 0.3) is 0 Å². The zero-order valence-electron chi connectivity index (χ0n) is 12.8. The van der Waals surface area contributed by atoms with Crippen molar-refractivity contribution in [1.82, 2.24) is 4.72 Å². The average molecular weight is 353 g/mol. The van der Waals surface area contributed by atoms with Crippen LogP contribution in [0.1, 0.15) is 22.8 Å². The van der Waals surface area contributed by atoms with E-state index in [0.717, 1.165) is 18.2 Å². The lowest BCUT2D eigenvalue weighted by Crippen LogP contribution is -2.24. The number of nitrogens with one attached hydrogen (secondary N) is 1. The number of aromatic carboxylic acids is 1. The Bertz CT molecular complexity index is 834. The van der Waals surface area contributed by atoms with E-state index in [1.54, 1.807) is 24.3 Å². The molecule has 0 atom stereocenters. The van der Waals surface area contributed by atoms with Gasteiger partial charge in [-0.1, -0.05) is 12.1 Å². The number of halogens is 1. The predicted molar refractivity (Wildman–Crippen MR) is 85.0 cm³/mol. The Kier molecular flexibility index (Phi) is 5.53. The van der Waals surface area contributed by atoms with E-state index in [-0.39, 0.29) is 12.1 Å². The van der Waals surface area contributed by atoms with E-state index >= 15 is 0 Å². The van der Waals surface area contributed by atoms with E-state index < -0.39 is 26.7 Å². The Balaban J connectivity index is 2.16. The minimum absolute atomic E-state index is 0.0640. The summed E-state index contributed by atoms with van der Waals surface area (Å²) in [5.74, 6) is -1.69. The summed E-state index contributed by atoms with van der Waals surface area (Å²) in [6.45, 7) is 2.30. The van der Waals surface area contributed by atoms with Crippen LogP contribution in [0.15, 0.2) is 47.4 Å². The number of carboxylic acids is 1. The molecule has 0 aromatic heterocycles. The lowest BCUT2D eigenvalue weighted by molar-refractivity contribution is 0.0696. The third-order valence-corrected chi connectivity index (χ3v) is 4.58. The van der Waals surface area contributed by atoms with Crippen molar-refractivity contribution in [3.05, 3.63) is 59.4 Å². The normalized spacial score (nSPS) is 11.2. The summed E-state index contributed by atoms with van der Waals surface area (Å²) in [6, 6.07) is 9.35. The molecule has 0 aliphatic rings. The van der Waals surface area contributed by atoms with E-state index in [2.05, 4.69) is 4.72 Å². The Morgan fingerprint density at radius 3 is 2.46 bits per heavy atom. The molecule has 0 bridgehead atoms. The number of rotatable bonds is 7. The van der Waals surface area contributed by atoms with E-state index in [9.17, 15) is 17.6 Å². The maximum atomic E-state index is 13.8. The van der Waals surface area contributed by atoms with Crippen LogP contribution < -0.4 is 9.46 Å². The molecule has 0 unspecified atom stereocenters. The fourth-order valence-corrected chi connectivity index (χ4v) is 3.09. The maximum absolute atomic E-state index is 13.8. The van der Waals surface area contributed by atoms with Crippen molar-refractivity contribution < 1.29 is 27.4 Å². The molecule has 6 nitrogen and oxygen atoms in total. The molecule has 2 aromatic carbocycles. The molecular weight excluding hydrogens is 337 g/mol. The Morgan fingerprint density at radius 2 is 1.88 bits per heavy atom. The van der Waals surface area contributed by atoms with Crippen LogP contribution in [0.3, 0.4) is 0 Å². The standard InChI is InChI=1S/C16H16FNO5S/c1-2-23-13-6-3-11(4-7-13)10-18-24(21,22)15-9-12(16(19)20)5-8-14(15)17/h3-9,18H,2,10H2,1H3,(H,19,20). The van der Waals surface area contributed by atoms with Crippen LogP contribution in [-0.2, 0) is 16.6 Å². The van der Waals surface area contributed by atoms with Gasteiger partial charge < -0.3 is 9.84 Å². The molecule has 8 heteroatoms. The summed E-state index contributed by atoms with van der Waals surface area (Å²) >= 11 is 0. The van der Waals surface area contributed by atoms with Crippen molar-refractivity contribution in [3.63, 3.8) is 0 Å². The summed E-state index contributed by atoms with van der Waals surface area (Å²) in [7, 11) is -4.19. The van der Waals surface area contributed by atoms with Gasteiger partial charge in [0, 0.05) is 6.54 Å². The average Bonchev–Trinajstić information content (AvgIpc) is 2.54. The number of ether oxygens (including phenoxy) is 1. The summed E-state index contributed by atoms with van der Waals surface area (Å²) in [6.07, 6.45) is 0. The maximum Gasteiger partial charge on any atom is 0.335 e. The third-order valence-electron chi connectivity index (χ3n) is 3.17. The second-order valence-corrected chi connectivity index (χ2v) is 6.59. The molecule has 0 spiro atoms. The van der Waals surface area contributed by atoms with Gasteiger partial charge in [0.1, 0.15) is 16.5 Å². The molecule has 24 heavy (non-hydrogen) atoms. The Hall–Kier alpha value is -2.45. The second kappa shape index (κ2) is 7.41. The largest absolute Gasteiger partial charge is 0.494 e. The van der Waals surface area contributed by atoms with E-state index in [1.807, 2.05) is 6.92 Å². The quantitative estimate of drug-likeness (QED) is 0.797. The Labute approximate surface area is 138 Å². The Morgan fingerprint density at radius 1 is 1.21 bits per heavy atom. The van der Waals surface area contributed by atoms with Crippen LogP contribution in [-0.4, -0.2) is 26.1 Å². The number of hydrogen-bond donors (Lipinski definition) is 2. The molecule has 0 fully saturated rings. The topological polar surface area (TPSA) is 92.7 Å². The number of carbonyl (C=O) groups is 1. The molecule has 0 heterocycles. The third kappa shape index (κ3) is 4.30. The van der Waals surface area contributed by atoms with Crippen molar-refractivity contribution in [2.45, 2.75) is 18.4 Å². The molecule has 0 saturated heterocycles. The summed E-state index contributed by atoms with van der Waals surface area (Å²) in [5, 5.41) is 8.89. The number of sulfonamides is 1. The van der Waals surface area contributed by atoms with Crippen LogP contribution in [0, 0.1) is 5.82 Å². The highest BCUT2D eigenvalue weighted by Gasteiger charge is 2.20. The van der Waals surface area contributed by atoms with Crippen LogP contribution in [0.5, 0.6) is 5.75 Å². The van der Waals surface area contributed by atoms with Gasteiger partial charge in [-0.25, -0.2) is 22.3 Å². The molecule has 2 aromatic rings. The van der Waals surface area contributed by atoms with Crippen molar-refractivity contribution >= 4 is 16.0 Å². The van der Waals surface area contributed by atoms with Gasteiger partial charge in [0.2, 0.25) is 10.0 Å². The number of hydrogen-bond acceptors (Lipinski definition) is 4. The fraction of sp³-hybridized carbons (Fsp3) is 0.188. The highest BCUT2D eigenvalue weighted by Crippen LogP contribution is 2.18. The smallest absolute Gasteiger partial charge is 0.335 e. The van der Waals surface area contributed by atoms with Crippen LogP contribution >= 0.6 is 0 Å². The number of benzene rings is 2. The van der Waals surface area contributed by atoms with E-state index in [0.29, 0.717) is 17.9 Å². The molecule has 0 aliphatic heterocycles. The van der Waals surface area contributed by atoms with Gasteiger partial charge >= 0.3 is 5.97 Å². The first-order valence-electron chi connectivity index (χ1n) is 7.07. The minimum atomic E-state index is -4.19. The molecule has 0 amide bonds. The van der Waals surface area contributed by atoms with Crippen LogP contribution in [0.4, 0.5) is 4.39 Å². The van der Waals surface area contributed by atoms with Crippen molar-refractivity contribution in [2.24, 2.45) is 0 Å². The highest BCUT2D eigenvalue weighted by molar-refractivity contribution is 7.89. The van der Waals surface area contributed by atoms with Gasteiger partial charge in [-0.2, -0.15) is 0 Å². The summed E-state index contributed by atoms with van der Waals surface area (Å²) < 4.78 is 45.7. The first-order chi connectivity index (χ1) is 11.3. The zero-order valence-corrected chi connectivity index (χ0v) is 13.6. The first-order valence-corrected chi connectivity index (χ1v) is 8.56. The molecular formula is C16H16FNO5S. The summed E-state index contributed by atoms with van der Waals surface area (Å²) in [5.41, 5.74) is 0.342. The van der Waals surface area contributed by atoms with Gasteiger partial charge in [-0.15, -0.1) is 0 Å². The van der Waals surface area contributed by atoms with Crippen molar-refractivity contribution in [3.8, 4) is 5.75 Å². The van der Waals surface area contributed by atoms with Gasteiger partial charge in [0.05, 0.1) is 12.2 Å². The molecule has 0 saturated carbocycles. The van der Waals surface area contributed by atoms with Gasteiger partial charge in [-0.3, -0.25) is 0 Å². The van der Waals surface area contributed by atoms with Crippen LogP contribution in [0.2, 0.25) is 0 Å². The lowest BCUT2D eigenvalue weighted by atomic mass is 10.2. The fourth-order valence-electron chi connectivity index (χ4n) is 1.97. The molecule has 2 N–H and O–H groups in total.